The van der Waals surface area contributed by atoms with Crippen LogP contribution in [0.15, 0.2) is 36.4 Å². The second-order valence-corrected chi connectivity index (χ2v) is 10.7. The molecular formula is C27H37N11O4. The van der Waals surface area contributed by atoms with E-state index in [-0.39, 0.29) is 35.7 Å². The Hall–Kier alpha value is -4.44. The lowest BCUT2D eigenvalue weighted by molar-refractivity contribution is 0.102. The van der Waals surface area contributed by atoms with Crippen molar-refractivity contribution >= 4 is 35.1 Å². The van der Waals surface area contributed by atoms with Crippen molar-refractivity contribution in [1.82, 2.24) is 15.0 Å². The van der Waals surface area contributed by atoms with Gasteiger partial charge in [-0.3, -0.25) is 4.79 Å². The van der Waals surface area contributed by atoms with Gasteiger partial charge in [0.2, 0.25) is 17.8 Å². The minimum atomic E-state index is -0.638. The second kappa shape index (κ2) is 12.2. The molecule has 15 nitrogen and oxygen atoms in total. The molecule has 5 rings (SSSR count). The summed E-state index contributed by atoms with van der Waals surface area (Å²) in [5.41, 5.74) is 25.7. The minimum absolute atomic E-state index is 0.1000. The first kappa shape index (κ1) is 29.1. The number of ether oxygens (including phenoxy) is 1. The first-order chi connectivity index (χ1) is 20.1. The topological polar surface area (TPSA) is 240 Å². The van der Waals surface area contributed by atoms with E-state index >= 15 is 0 Å². The molecule has 0 saturated carbocycles. The number of anilines is 5. The predicted molar refractivity (Wildman–Crippen MR) is 159 cm³/mol. The van der Waals surface area contributed by atoms with E-state index in [1.807, 2.05) is 9.80 Å². The third-order valence-corrected chi connectivity index (χ3v) is 7.19. The molecule has 0 spiro atoms. The molecule has 1 aromatic heterocycles. The number of hydrogen-bond acceptors (Lipinski definition) is 14. The third-order valence-electron chi connectivity index (χ3n) is 7.19. The Bertz CT molecular complexity index is 1380. The zero-order valence-corrected chi connectivity index (χ0v) is 23.3. The molecule has 3 aromatic rings. The zero-order chi connectivity index (χ0) is 30.0. The average Bonchev–Trinajstić information content (AvgIpc) is 2.94. The van der Waals surface area contributed by atoms with Gasteiger partial charge in [0.15, 0.2) is 11.5 Å². The van der Waals surface area contributed by atoms with Crippen molar-refractivity contribution in [2.45, 2.75) is 37.0 Å². The molecule has 3 heterocycles. The Morgan fingerprint density at radius 2 is 1.43 bits per heavy atom. The molecule has 2 aliphatic rings. The van der Waals surface area contributed by atoms with Crippen LogP contribution < -0.4 is 48.1 Å². The maximum atomic E-state index is 13.0. The predicted octanol–water partition coefficient (Wildman–Crippen LogP) is 0.0167. The summed E-state index contributed by atoms with van der Waals surface area (Å²) in [4.78, 5) is 31.0. The highest BCUT2D eigenvalue weighted by Gasteiger charge is 2.29. The van der Waals surface area contributed by atoms with Gasteiger partial charge < -0.3 is 58.3 Å². The molecule has 0 bridgehead atoms. The molecule has 12 N–H and O–H groups in total. The second-order valence-electron chi connectivity index (χ2n) is 10.7. The lowest BCUT2D eigenvalue weighted by Crippen LogP contribution is -2.54. The van der Waals surface area contributed by atoms with Crippen molar-refractivity contribution in [1.29, 1.82) is 0 Å². The molecule has 1 amide bonds. The Morgan fingerprint density at radius 1 is 0.857 bits per heavy atom. The van der Waals surface area contributed by atoms with Crippen molar-refractivity contribution in [3.8, 4) is 17.2 Å². The summed E-state index contributed by atoms with van der Waals surface area (Å²) in [6, 6.07) is 8.54. The lowest BCUT2D eigenvalue weighted by Gasteiger charge is -2.37. The number of amides is 1. The summed E-state index contributed by atoms with van der Waals surface area (Å²) < 4.78 is 5.41. The maximum Gasteiger partial charge on any atom is 0.259 e. The SMILES string of the molecule is COc1ccc(NC(=O)c2cccc(O)c2O)c(Nc2nc(N3C[C@H](N)C[C@H](N)C3)nc(N3C[C@H](N)C[C@H](N)C3)n2)c1. The van der Waals surface area contributed by atoms with Gasteiger partial charge in [0, 0.05) is 56.4 Å². The maximum absolute atomic E-state index is 13.0. The number of piperidine rings is 2. The Balaban J connectivity index is 1.51. The number of carbonyl (C=O) groups excluding carboxylic acids is 1. The fourth-order valence-electron chi connectivity index (χ4n) is 5.26. The fourth-order valence-corrected chi connectivity index (χ4v) is 5.26. The molecule has 42 heavy (non-hydrogen) atoms. The molecule has 2 aromatic carbocycles. The number of para-hydroxylation sites is 1. The van der Waals surface area contributed by atoms with E-state index in [1.54, 1.807) is 18.2 Å². The van der Waals surface area contributed by atoms with Crippen molar-refractivity contribution in [3.63, 3.8) is 0 Å². The number of methoxy groups -OCH3 is 1. The van der Waals surface area contributed by atoms with Gasteiger partial charge >= 0.3 is 0 Å². The van der Waals surface area contributed by atoms with Crippen LogP contribution in [0.5, 0.6) is 17.2 Å². The number of hydrogen-bond donors (Lipinski definition) is 8. The van der Waals surface area contributed by atoms with E-state index in [0.717, 1.165) is 0 Å². The van der Waals surface area contributed by atoms with Crippen molar-refractivity contribution in [2.75, 3.05) is 53.7 Å². The molecule has 2 saturated heterocycles. The van der Waals surface area contributed by atoms with E-state index in [2.05, 4.69) is 20.6 Å². The van der Waals surface area contributed by atoms with E-state index in [0.29, 0.717) is 68.0 Å². The van der Waals surface area contributed by atoms with Crippen molar-refractivity contribution < 1.29 is 19.7 Å². The van der Waals surface area contributed by atoms with Crippen LogP contribution >= 0.6 is 0 Å². The third kappa shape index (κ3) is 6.54. The largest absolute Gasteiger partial charge is 0.504 e. The van der Waals surface area contributed by atoms with Crippen molar-refractivity contribution in [3.05, 3.63) is 42.0 Å². The van der Waals surface area contributed by atoms with Gasteiger partial charge in [0.1, 0.15) is 5.75 Å². The van der Waals surface area contributed by atoms with Crippen LogP contribution in [0.3, 0.4) is 0 Å². The number of phenolic OH excluding ortho intramolecular Hbond substituents is 2. The number of rotatable bonds is 7. The van der Waals surface area contributed by atoms with Crippen LogP contribution in [0.1, 0.15) is 23.2 Å². The summed E-state index contributed by atoms with van der Waals surface area (Å²) in [6.07, 6.45) is 1.38. The molecular weight excluding hydrogens is 542 g/mol. The summed E-state index contributed by atoms with van der Waals surface area (Å²) >= 11 is 0. The first-order valence-electron chi connectivity index (χ1n) is 13.6. The monoisotopic (exact) mass is 579 g/mol. The fraction of sp³-hybridized carbons (Fsp3) is 0.407. The number of nitrogens with two attached hydrogens (primary N) is 4. The number of phenols is 2. The van der Waals surface area contributed by atoms with Crippen molar-refractivity contribution in [2.24, 2.45) is 22.9 Å². The molecule has 2 aliphatic heterocycles. The highest BCUT2D eigenvalue weighted by Crippen LogP contribution is 2.33. The van der Waals surface area contributed by atoms with Gasteiger partial charge in [0.05, 0.1) is 24.0 Å². The molecule has 0 aliphatic carbocycles. The molecule has 15 heteroatoms. The molecule has 0 radical (unpaired) electrons. The Kier molecular flexibility index (Phi) is 8.44. The van der Waals surface area contributed by atoms with Gasteiger partial charge in [0.25, 0.3) is 5.91 Å². The number of aromatic hydroxyl groups is 2. The van der Waals surface area contributed by atoms with Crippen LogP contribution in [-0.2, 0) is 0 Å². The summed E-state index contributed by atoms with van der Waals surface area (Å²) in [6.45, 7) is 2.07. The number of carbonyl (C=O) groups is 1. The van der Waals surface area contributed by atoms with Crippen LogP contribution in [0.4, 0.5) is 29.2 Å². The molecule has 4 atom stereocenters. The first-order valence-corrected chi connectivity index (χ1v) is 13.6. The number of nitrogens with one attached hydrogen (secondary N) is 2. The Morgan fingerprint density at radius 3 is 1.98 bits per heavy atom. The molecule has 0 unspecified atom stereocenters. The molecule has 2 fully saturated rings. The highest BCUT2D eigenvalue weighted by atomic mass is 16.5. The van der Waals surface area contributed by atoms with Crippen LogP contribution in [0.25, 0.3) is 0 Å². The smallest absolute Gasteiger partial charge is 0.259 e. The average molecular weight is 580 g/mol. The van der Waals surface area contributed by atoms with Gasteiger partial charge in [-0.05, 0) is 37.1 Å². The van der Waals surface area contributed by atoms with E-state index < -0.39 is 17.4 Å². The quantitative estimate of drug-likeness (QED) is 0.172. The highest BCUT2D eigenvalue weighted by molar-refractivity contribution is 6.08. The van der Waals surface area contributed by atoms with Gasteiger partial charge in [-0.15, -0.1) is 0 Å². The normalized spacial score (nSPS) is 22.5. The number of nitrogens with zero attached hydrogens (tertiary/aromatic N) is 5. The summed E-state index contributed by atoms with van der Waals surface area (Å²) in [5, 5.41) is 26.0. The van der Waals surface area contributed by atoms with E-state index in [9.17, 15) is 15.0 Å². The summed E-state index contributed by atoms with van der Waals surface area (Å²) in [5.74, 6) is -0.0966. The van der Waals surface area contributed by atoms with Gasteiger partial charge in [-0.1, -0.05) is 6.07 Å². The van der Waals surface area contributed by atoms with Crippen LogP contribution in [0.2, 0.25) is 0 Å². The lowest BCUT2D eigenvalue weighted by atomic mass is 10.0. The van der Waals surface area contributed by atoms with E-state index in [1.165, 1.54) is 25.3 Å². The summed E-state index contributed by atoms with van der Waals surface area (Å²) in [7, 11) is 1.52. The van der Waals surface area contributed by atoms with Crippen LogP contribution in [-0.4, -0.2) is 88.5 Å². The number of benzene rings is 2. The Labute approximate surface area is 242 Å². The van der Waals surface area contributed by atoms with Crippen LogP contribution in [0, 0.1) is 0 Å². The minimum Gasteiger partial charge on any atom is -0.504 e. The van der Waals surface area contributed by atoms with Gasteiger partial charge in [-0.25, -0.2) is 0 Å². The zero-order valence-electron chi connectivity index (χ0n) is 23.3. The standard InChI is InChI=1S/C27H37N11O4/c1-42-18-5-6-20(32-24(41)19-3-2-4-22(39)23(19)40)21(9-18)33-25-34-26(37-10-14(28)7-15(29)11-37)36-27(35-25)38-12-16(30)8-17(31)13-38/h2-6,9,14-17,39-40H,7-8,10-13,28-31H2,1H3,(H,32,41)(H,33,34,35,36)/t14-,15+,16-,17+. The van der Waals surface area contributed by atoms with Gasteiger partial charge in [-0.2, -0.15) is 15.0 Å². The molecule has 224 valence electrons. The number of aromatic nitrogens is 3. The van der Waals surface area contributed by atoms with E-state index in [4.69, 9.17) is 32.7 Å².